The van der Waals surface area contributed by atoms with E-state index in [9.17, 15) is 9.18 Å². The van der Waals surface area contributed by atoms with Crippen LogP contribution < -0.4 is 10.2 Å². The summed E-state index contributed by atoms with van der Waals surface area (Å²) in [5.41, 5.74) is 0.669. The summed E-state index contributed by atoms with van der Waals surface area (Å²) in [6, 6.07) is 6.23. The number of carbonyl (C=O) groups is 1. The molecule has 5 heteroatoms. The van der Waals surface area contributed by atoms with E-state index in [0.717, 1.165) is 32.6 Å². The number of carbonyl (C=O) groups excluding carboxylic acids is 1. The number of nitrogens with one attached hydrogen (secondary N) is 1. The highest BCUT2D eigenvalue weighted by Crippen LogP contribution is 2.25. The van der Waals surface area contributed by atoms with Crippen molar-refractivity contribution in [3.8, 4) is 0 Å². The number of hydrogen-bond donors (Lipinski definition) is 1. The number of piperazine rings is 1. The first-order valence-corrected chi connectivity index (χ1v) is 6.77. The zero-order valence-corrected chi connectivity index (χ0v) is 10.8. The molecule has 0 bridgehead atoms. The molecule has 0 aromatic heterocycles. The Morgan fingerprint density at radius 1 is 1.21 bits per heavy atom. The van der Waals surface area contributed by atoms with E-state index in [2.05, 4.69) is 10.2 Å². The summed E-state index contributed by atoms with van der Waals surface area (Å²) in [7, 11) is 0. The second kappa shape index (κ2) is 5.27. The van der Waals surface area contributed by atoms with Crippen LogP contribution in [0.2, 0.25) is 0 Å². The van der Waals surface area contributed by atoms with Gasteiger partial charge in [-0.1, -0.05) is 6.07 Å². The van der Waals surface area contributed by atoms with E-state index in [1.165, 1.54) is 12.1 Å². The quantitative estimate of drug-likeness (QED) is 0.858. The van der Waals surface area contributed by atoms with E-state index in [4.69, 9.17) is 0 Å². The van der Waals surface area contributed by atoms with E-state index in [1.54, 1.807) is 17.0 Å². The molecule has 0 spiro atoms. The van der Waals surface area contributed by atoms with Crippen molar-refractivity contribution in [2.24, 2.45) is 0 Å². The van der Waals surface area contributed by atoms with Crippen LogP contribution in [0.15, 0.2) is 24.3 Å². The number of benzene rings is 1. The van der Waals surface area contributed by atoms with Gasteiger partial charge in [0.05, 0.1) is 6.04 Å². The number of rotatable bonds is 2. The summed E-state index contributed by atoms with van der Waals surface area (Å²) in [6.45, 7) is 4.37. The summed E-state index contributed by atoms with van der Waals surface area (Å²) >= 11 is 0. The van der Waals surface area contributed by atoms with Crippen LogP contribution in [0.3, 0.4) is 0 Å². The normalized spacial score (nSPS) is 25.0. The average molecular weight is 263 g/mol. The fourth-order valence-electron chi connectivity index (χ4n) is 2.90. The molecule has 102 valence electrons. The molecular formula is C14H18FN3O. The van der Waals surface area contributed by atoms with Crippen LogP contribution in [-0.4, -0.2) is 49.6 Å². The summed E-state index contributed by atoms with van der Waals surface area (Å²) < 4.78 is 13.2. The Labute approximate surface area is 112 Å². The highest BCUT2D eigenvalue weighted by atomic mass is 19.1. The van der Waals surface area contributed by atoms with E-state index in [0.29, 0.717) is 12.2 Å². The number of anilines is 1. The number of amides is 1. The molecule has 0 radical (unpaired) electrons. The maximum absolute atomic E-state index is 13.2. The van der Waals surface area contributed by atoms with Crippen LogP contribution in [-0.2, 0) is 4.79 Å². The van der Waals surface area contributed by atoms with E-state index in [1.807, 2.05) is 0 Å². The molecule has 1 N–H and O–H groups in total. The Morgan fingerprint density at radius 2 is 2.00 bits per heavy atom. The van der Waals surface area contributed by atoms with Gasteiger partial charge >= 0.3 is 0 Å². The topological polar surface area (TPSA) is 35.6 Å². The number of halogens is 1. The Kier molecular flexibility index (Phi) is 3.48. The van der Waals surface area contributed by atoms with Crippen molar-refractivity contribution in [3.05, 3.63) is 30.1 Å². The van der Waals surface area contributed by atoms with Crippen molar-refractivity contribution in [1.29, 1.82) is 0 Å². The van der Waals surface area contributed by atoms with E-state index in [-0.39, 0.29) is 17.8 Å². The molecule has 19 heavy (non-hydrogen) atoms. The highest BCUT2D eigenvalue weighted by molar-refractivity contribution is 5.99. The van der Waals surface area contributed by atoms with E-state index >= 15 is 0 Å². The van der Waals surface area contributed by atoms with Crippen LogP contribution in [0.5, 0.6) is 0 Å². The van der Waals surface area contributed by atoms with Gasteiger partial charge in [0.25, 0.3) is 0 Å². The third-order valence-electron chi connectivity index (χ3n) is 3.89. The van der Waals surface area contributed by atoms with Gasteiger partial charge in [-0.3, -0.25) is 9.69 Å². The Balaban J connectivity index is 1.74. The minimum Gasteiger partial charge on any atom is -0.314 e. The lowest BCUT2D eigenvalue weighted by molar-refractivity contribution is -0.121. The molecule has 0 saturated carbocycles. The molecule has 1 atom stereocenters. The standard InChI is InChI=1S/C14H18FN3O/c15-11-2-1-3-12(10-11)18-7-4-13(14(18)19)17-8-5-16-6-9-17/h1-3,10,13,16H,4-9H2. The van der Waals surface area contributed by atoms with Crippen LogP contribution in [0.25, 0.3) is 0 Å². The molecular weight excluding hydrogens is 245 g/mol. The summed E-state index contributed by atoms with van der Waals surface area (Å²) in [5, 5.41) is 3.29. The summed E-state index contributed by atoms with van der Waals surface area (Å²) in [5.74, 6) is -0.191. The molecule has 4 nitrogen and oxygen atoms in total. The summed E-state index contributed by atoms with van der Waals surface area (Å²) in [4.78, 5) is 16.4. The Hall–Kier alpha value is -1.46. The predicted octanol–water partition coefficient (Wildman–Crippen LogP) is 0.836. The maximum atomic E-state index is 13.2. The molecule has 1 amide bonds. The second-order valence-electron chi connectivity index (χ2n) is 5.06. The molecule has 2 saturated heterocycles. The van der Waals surface area contributed by atoms with Crippen molar-refractivity contribution in [2.75, 3.05) is 37.6 Å². The van der Waals surface area contributed by atoms with Gasteiger partial charge in [-0.15, -0.1) is 0 Å². The van der Waals surface area contributed by atoms with Crippen LogP contribution in [0.1, 0.15) is 6.42 Å². The van der Waals surface area contributed by atoms with Crippen LogP contribution in [0, 0.1) is 5.82 Å². The molecule has 2 heterocycles. The molecule has 1 aromatic carbocycles. The minimum absolute atomic E-state index is 0.0367. The number of hydrogen-bond acceptors (Lipinski definition) is 3. The second-order valence-corrected chi connectivity index (χ2v) is 5.06. The monoisotopic (exact) mass is 263 g/mol. The predicted molar refractivity (Wildman–Crippen MR) is 71.6 cm³/mol. The SMILES string of the molecule is O=C1C(N2CCNCC2)CCN1c1cccc(F)c1. The first kappa shape index (κ1) is 12.6. The molecule has 2 aliphatic heterocycles. The average Bonchev–Trinajstić information content (AvgIpc) is 2.81. The summed E-state index contributed by atoms with van der Waals surface area (Å²) in [6.07, 6.45) is 0.829. The molecule has 1 aromatic rings. The molecule has 0 aliphatic carbocycles. The van der Waals surface area contributed by atoms with Crippen molar-refractivity contribution >= 4 is 11.6 Å². The first-order chi connectivity index (χ1) is 9.25. The van der Waals surface area contributed by atoms with Gasteiger partial charge in [-0.2, -0.15) is 0 Å². The lowest BCUT2D eigenvalue weighted by Gasteiger charge is -2.31. The van der Waals surface area contributed by atoms with Crippen LogP contribution >= 0.6 is 0 Å². The largest absolute Gasteiger partial charge is 0.314 e. The lowest BCUT2D eigenvalue weighted by Crippen LogP contribution is -2.51. The Bertz CT molecular complexity index is 474. The minimum atomic E-state index is -0.295. The fraction of sp³-hybridized carbons (Fsp3) is 0.500. The van der Waals surface area contributed by atoms with E-state index < -0.39 is 0 Å². The highest BCUT2D eigenvalue weighted by Gasteiger charge is 2.36. The molecule has 3 rings (SSSR count). The number of nitrogens with zero attached hydrogens (tertiary/aromatic N) is 2. The van der Waals surface area contributed by atoms with Gasteiger partial charge in [-0.05, 0) is 24.6 Å². The Morgan fingerprint density at radius 3 is 2.74 bits per heavy atom. The lowest BCUT2D eigenvalue weighted by atomic mass is 10.2. The third-order valence-corrected chi connectivity index (χ3v) is 3.89. The van der Waals surface area contributed by atoms with Gasteiger partial charge < -0.3 is 10.2 Å². The maximum Gasteiger partial charge on any atom is 0.244 e. The van der Waals surface area contributed by atoms with Gasteiger partial charge in [0.2, 0.25) is 5.91 Å². The smallest absolute Gasteiger partial charge is 0.244 e. The molecule has 2 aliphatic rings. The fourth-order valence-corrected chi connectivity index (χ4v) is 2.90. The van der Waals surface area contributed by atoms with Crippen molar-refractivity contribution in [2.45, 2.75) is 12.5 Å². The first-order valence-electron chi connectivity index (χ1n) is 6.77. The zero-order chi connectivity index (χ0) is 13.2. The van der Waals surface area contributed by atoms with Crippen molar-refractivity contribution in [1.82, 2.24) is 10.2 Å². The van der Waals surface area contributed by atoms with Gasteiger partial charge in [0.15, 0.2) is 0 Å². The van der Waals surface area contributed by atoms with Crippen LogP contribution in [0.4, 0.5) is 10.1 Å². The van der Waals surface area contributed by atoms with Crippen molar-refractivity contribution < 1.29 is 9.18 Å². The van der Waals surface area contributed by atoms with Gasteiger partial charge in [0, 0.05) is 38.4 Å². The third kappa shape index (κ3) is 2.48. The van der Waals surface area contributed by atoms with Gasteiger partial charge in [0.1, 0.15) is 5.82 Å². The van der Waals surface area contributed by atoms with Gasteiger partial charge in [-0.25, -0.2) is 4.39 Å². The van der Waals surface area contributed by atoms with Crippen molar-refractivity contribution in [3.63, 3.8) is 0 Å². The zero-order valence-electron chi connectivity index (χ0n) is 10.8. The molecule has 2 fully saturated rings. The molecule has 1 unspecified atom stereocenters.